The molecule has 162 valence electrons. The maximum atomic E-state index is 12.8. The number of ether oxygens (including phenoxy) is 1. The van der Waals surface area contributed by atoms with Gasteiger partial charge in [0.25, 0.3) is 5.91 Å². The minimum Gasteiger partial charge on any atom is -0.507 e. The SMILES string of the molecule is COc1cc(Br)cc(C=NNC(=O)c2cc(C(C)(C)C)c(O)c(C(C)(C)C)c2)c1O. The Bertz CT molecular complexity index is 951. The first-order valence-electron chi connectivity index (χ1n) is 9.53. The molecule has 30 heavy (non-hydrogen) atoms. The molecule has 0 spiro atoms. The van der Waals surface area contributed by atoms with Gasteiger partial charge in [0.15, 0.2) is 11.5 Å². The van der Waals surface area contributed by atoms with Crippen LogP contribution in [-0.4, -0.2) is 29.4 Å². The fraction of sp³-hybridized carbons (Fsp3) is 0.391. The predicted molar refractivity (Wildman–Crippen MR) is 123 cm³/mol. The number of methoxy groups -OCH3 is 1. The van der Waals surface area contributed by atoms with Crippen LogP contribution in [0, 0.1) is 0 Å². The van der Waals surface area contributed by atoms with E-state index in [4.69, 9.17) is 4.74 Å². The second-order valence-corrected chi connectivity index (χ2v) is 10.1. The molecular weight excluding hydrogens is 448 g/mol. The predicted octanol–water partition coefficient (Wildman–Crippen LogP) is 5.23. The quantitative estimate of drug-likeness (QED) is 0.416. The van der Waals surface area contributed by atoms with Crippen molar-refractivity contribution in [3.8, 4) is 17.2 Å². The number of carbonyl (C=O) groups excluding carboxylic acids is 1. The molecule has 0 aliphatic rings. The fourth-order valence-corrected chi connectivity index (χ4v) is 3.44. The van der Waals surface area contributed by atoms with Crippen LogP contribution in [0.5, 0.6) is 17.2 Å². The number of carbonyl (C=O) groups is 1. The zero-order valence-electron chi connectivity index (χ0n) is 18.4. The first-order valence-corrected chi connectivity index (χ1v) is 10.3. The Morgan fingerprint density at radius 3 is 2.00 bits per heavy atom. The van der Waals surface area contributed by atoms with Crippen molar-refractivity contribution >= 4 is 28.1 Å². The Balaban J connectivity index is 2.38. The minimum absolute atomic E-state index is 0.0756. The zero-order valence-corrected chi connectivity index (χ0v) is 20.0. The van der Waals surface area contributed by atoms with Crippen LogP contribution in [0.15, 0.2) is 33.8 Å². The van der Waals surface area contributed by atoms with Crippen LogP contribution in [0.3, 0.4) is 0 Å². The summed E-state index contributed by atoms with van der Waals surface area (Å²) < 4.78 is 5.81. The van der Waals surface area contributed by atoms with E-state index in [2.05, 4.69) is 26.5 Å². The van der Waals surface area contributed by atoms with E-state index in [-0.39, 0.29) is 22.3 Å². The van der Waals surface area contributed by atoms with Crippen molar-refractivity contribution in [1.29, 1.82) is 0 Å². The van der Waals surface area contributed by atoms with Crippen molar-refractivity contribution in [3.05, 3.63) is 51.0 Å². The lowest BCUT2D eigenvalue weighted by molar-refractivity contribution is 0.0955. The minimum atomic E-state index is -0.413. The summed E-state index contributed by atoms with van der Waals surface area (Å²) >= 11 is 3.34. The highest BCUT2D eigenvalue weighted by molar-refractivity contribution is 9.10. The molecule has 2 aromatic rings. The van der Waals surface area contributed by atoms with E-state index in [1.54, 1.807) is 24.3 Å². The molecule has 1 amide bonds. The highest BCUT2D eigenvalue weighted by Gasteiger charge is 2.27. The lowest BCUT2D eigenvalue weighted by Gasteiger charge is -2.28. The Morgan fingerprint density at radius 2 is 1.53 bits per heavy atom. The van der Waals surface area contributed by atoms with Gasteiger partial charge in [-0.05, 0) is 35.1 Å². The van der Waals surface area contributed by atoms with Crippen LogP contribution >= 0.6 is 15.9 Å². The van der Waals surface area contributed by atoms with Gasteiger partial charge in [0, 0.05) is 26.7 Å². The van der Waals surface area contributed by atoms with Gasteiger partial charge in [-0.15, -0.1) is 0 Å². The van der Waals surface area contributed by atoms with Crippen molar-refractivity contribution in [3.63, 3.8) is 0 Å². The van der Waals surface area contributed by atoms with Gasteiger partial charge in [0.2, 0.25) is 0 Å². The molecule has 3 N–H and O–H groups in total. The maximum Gasteiger partial charge on any atom is 0.271 e. The Hall–Kier alpha value is -2.54. The van der Waals surface area contributed by atoms with Crippen molar-refractivity contribution in [2.24, 2.45) is 5.10 Å². The van der Waals surface area contributed by atoms with Crippen LogP contribution in [0.25, 0.3) is 0 Å². The number of hydrazone groups is 1. The summed E-state index contributed by atoms with van der Waals surface area (Å²) in [6.45, 7) is 11.9. The molecule has 2 aromatic carbocycles. The van der Waals surface area contributed by atoms with E-state index in [0.717, 1.165) is 0 Å². The topological polar surface area (TPSA) is 91.2 Å². The molecule has 0 aliphatic heterocycles. The average molecular weight is 477 g/mol. The highest BCUT2D eigenvalue weighted by Crippen LogP contribution is 2.39. The number of rotatable bonds is 4. The molecule has 0 unspecified atom stereocenters. The van der Waals surface area contributed by atoms with Gasteiger partial charge >= 0.3 is 0 Å². The summed E-state index contributed by atoms with van der Waals surface area (Å²) in [5.74, 6) is 0.0126. The van der Waals surface area contributed by atoms with E-state index in [9.17, 15) is 15.0 Å². The monoisotopic (exact) mass is 476 g/mol. The van der Waals surface area contributed by atoms with Crippen LogP contribution < -0.4 is 10.2 Å². The number of hydrogen-bond acceptors (Lipinski definition) is 5. The van der Waals surface area contributed by atoms with Gasteiger partial charge in [0.05, 0.1) is 13.3 Å². The van der Waals surface area contributed by atoms with Gasteiger partial charge in [-0.1, -0.05) is 57.5 Å². The van der Waals surface area contributed by atoms with E-state index < -0.39 is 5.91 Å². The third-order valence-corrected chi connectivity index (χ3v) is 5.10. The number of nitrogens with zero attached hydrogens (tertiary/aromatic N) is 1. The summed E-state index contributed by atoms with van der Waals surface area (Å²) in [7, 11) is 1.45. The van der Waals surface area contributed by atoms with Crippen molar-refractivity contribution in [1.82, 2.24) is 5.43 Å². The number of amides is 1. The lowest BCUT2D eigenvalue weighted by Crippen LogP contribution is -2.22. The maximum absolute atomic E-state index is 12.8. The van der Waals surface area contributed by atoms with Gasteiger partial charge in [-0.3, -0.25) is 4.79 Å². The molecule has 2 rings (SSSR count). The van der Waals surface area contributed by atoms with Gasteiger partial charge in [-0.2, -0.15) is 5.10 Å². The largest absolute Gasteiger partial charge is 0.507 e. The number of phenols is 2. The third-order valence-electron chi connectivity index (χ3n) is 4.65. The standard InChI is InChI=1S/C23H29BrN2O4/c1-22(2,3)16-9-13(10-17(20(16)28)23(4,5)6)21(29)26-25-12-14-8-15(24)11-18(30-7)19(14)27/h8-12,27-28H,1-7H3,(H,26,29). The molecule has 0 heterocycles. The van der Waals surface area contributed by atoms with Crippen molar-refractivity contribution in [2.45, 2.75) is 52.4 Å². The number of nitrogens with one attached hydrogen (secondary N) is 1. The van der Waals surface area contributed by atoms with Gasteiger partial charge in [-0.25, -0.2) is 5.43 Å². The molecule has 6 nitrogen and oxygen atoms in total. The zero-order chi connectivity index (χ0) is 22.9. The first kappa shape index (κ1) is 23.7. The molecule has 0 radical (unpaired) electrons. The van der Waals surface area contributed by atoms with E-state index >= 15 is 0 Å². The number of hydrogen-bond donors (Lipinski definition) is 3. The lowest BCUT2D eigenvalue weighted by atomic mass is 9.78. The van der Waals surface area contributed by atoms with E-state index in [1.165, 1.54) is 13.3 Å². The number of phenolic OH excluding ortho intramolecular Hbond substituents is 2. The molecule has 0 atom stereocenters. The summed E-state index contributed by atoms with van der Waals surface area (Å²) in [5.41, 5.74) is 3.97. The number of benzene rings is 2. The molecule has 0 bridgehead atoms. The molecule has 0 aliphatic carbocycles. The Morgan fingerprint density at radius 1 is 1.00 bits per heavy atom. The van der Waals surface area contributed by atoms with Crippen molar-refractivity contribution in [2.75, 3.05) is 7.11 Å². The molecule has 0 saturated carbocycles. The molecule has 0 aromatic heterocycles. The summed E-state index contributed by atoms with van der Waals surface area (Å²) in [6, 6.07) is 6.66. The van der Waals surface area contributed by atoms with E-state index in [0.29, 0.717) is 32.5 Å². The number of aromatic hydroxyl groups is 2. The highest BCUT2D eigenvalue weighted by atomic mass is 79.9. The van der Waals surface area contributed by atoms with E-state index in [1.807, 2.05) is 41.5 Å². The second-order valence-electron chi connectivity index (χ2n) is 9.16. The third kappa shape index (κ3) is 5.33. The van der Waals surface area contributed by atoms with Crippen LogP contribution in [-0.2, 0) is 10.8 Å². The molecule has 0 saturated heterocycles. The Kier molecular flexibility index (Phi) is 6.87. The molecule has 0 fully saturated rings. The molecular formula is C23H29BrN2O4. The average Bonchev–Trinajstić information content (AvgIpc) is 2.62. The smallest absolute Gasteiger partial charge is 0.271 e. The van der Waals surface area contributed by atoms with Gasteiger partial charge < -0.3 is 14.9 Å². The van der Waals surface area contributed by atoms with Gasteiger partial charge in [0.1, 0.15) is 5.75 Å². The first-order chi connectivity index (χ1) is 13.8. The summed E-state index contributed by atoms with van der Waals surface area (Å²) in [4.78, 5) is 12.8. The number of halogens is 1. The van der Waals surface area contributed by atoms with Crippen molar-refractivity contribution < 1.29 is 19.7 Å². The molecule has 7 heteroatoms. The normalized spacial score (nSPS) is 12.3. The summed E-state index contributed by atoms with van der Waals surface area (Å²) in [6.07, 6.45) is 1.34. The Labute approximate surface area is 186 Å². The summed E-state index contributed by atoms with van der Waals surface area (Å²) in [5, 5.41) is 25.0. The van der Waals surface area contributed by atoms with Crippen LogP contribution in [0.1, 0.15) is 68.6 Å². The fourth-order valence-electron chi connectivity index (χ4n) is 2.98. The van der Waals surface area contributed by atoms with Crippen LogP contribution in [0.4, 0.5) is 0 Å². The second kappa shape index (κ2) is 8.68. The van der Waals surface area contributed by atoms with Crippen LogP contribution in [0.2, 0.25) is 0 Å².